The van der Waals surface area contributed by atoms with E-state index in [1.807, 2.05) is 31.2 Å². The third kappa shape index (κ3) is 8.74. The van der Waals surface area contributed by atoms with Gasteiger partial charge in [-0.05, 0) is 42.2 Å². The van der Waals surface area contributed by atoms with E-state index in [-0.39, 0.29) is 0 Å². The number of aliphatic imine (C=N–C) groups is 1. The summed E-state index contributed by atoms with van der Waals surface area (Å²) in [6.45, 7) is 6.02. The Morgan fingerprint density at radius 2 is 1.71 bits per heavy atom. The summed E-state index contributed by atoms with van der Waals surface area (Å²) in [5.41, 5.74) is 3.54. The van der Waals surface area contributed by atoms with Crippen molar-refractivity contribution in [3.05, 3.63) is 70.2 Å². The Balaban J connectivity index is 1.72. The molecule has 28 heavy (non-hydrogen) atoms. The van der Waals surface area contributed by atoms with Gasteiger partial charge in [0.2, 0.25) is 0 Å². The van der Waals surface area contributed by atoms with Crippen molar-refractivity contribution < 1.29 is 9.47 Å². The van der Waals surface area contributed by atoms with Crippen LogP contribution in [0.3, 0.4) is 0 Å². The molecule has 0 amide bonds. The second-order valence-corrected chi connectivity index (χ2v) is 6.74. The molecule has 0 aliphatic heterocycles. The van der Waals surface area contributed by atoms with E-state index in [0.717, 1.165) is 36.1 Å². The Labute approximate surface area is 173 Å². The van der Waals surface area contributed by atoms with Crippen LogP contribution in [0.15, 0.2) is 53.5 Å². The number of nitrogens with zero attached hydrogens (tertiary/aromatic N) is 1. The van der Waals surface area contributed by atoms with Crippen LogP contribution < -0.4 is 10.6 Å². The fourth-order valence-electron chi connectivity index (χ4n) is 2.71. The lowest BCUT2D eigenvalue weighted by Crippen LogP contribution is -2.37. The van der Waals surface area contributed by atoms with E-state index in [1.54, 1.807) is 7.05 Å². The van der Waals surface area contributed by atoms with E-state index in [0.29, 0.717) is 26.4 Å². The van der Waals surface area contributed by atoms with Crippen LogP contribution in [-0.2, 0) is 29.0 Å². The number of benzene rings is 2. The zero-order valence-electron chi connectivity index (χ0n) is 16.7. The van der Waals surface area contributed by atoms with Crippen molar-refractivity contribution in [2.24, 2.45) is 4.99 Å². The zero-order valence-corrected chi connectivity index (χ0v) is 17.5. The maximum absolute atomic E-state index is 6.03. The van der Waals surface area contributed by atoms with Gasteiger partial charge >= 0.3 is 0 Å². The van der Waals surface area contributed by atoms with Gasteiger partial charge in [0.1, 0.15) is 0 Å². The zero-order chi connectivity index (χ0) is 20.0. The van der Waals surface area contributed by atoms with Crippen LogP contribution >= 0.6 is 11.6 Å². The maximum Gasteiger partial charge on any atom is 0.191 e. The number of rotatable bonds is 11. The van der Waals surface area contributed by atoms with Crippen molar-refractivity contribution in [1.29, 1.82) is 0 Å². The van der Waals surface area contributed by atoms with Gasteiger partial charge in [-0.15, -0.1) is 0 Å². The minimum atomic E-state index is 0.591. The predicted octanol–water partition coefficient (Wildman–Crippen LogP) is 3.80. The smallest absolute Gasteiger partial charge is 0.191 e. The maximum atomic E-state index is 6.03. The van der Waals surface area contributed by atoms with Crippen molar-refractivity contribution in [3.8, 4) is 0 Å². The quantitative estimate of drug-likeness (QED) is 0.340. The van der Waals surface area contributed by atoms with E-state index in [2.05, 4.69) is 39.9 Å². The third-order valence-corrected chi connectivity index (χ3v) is 4.35. The van der Waals surface area contributed by atoms with Crippen LogP contribution in [0.4, 0.5) is 0 Å². The predicted molar refractivity (Wildman–Crippen MR) is 116 cm³/mol. The molecule has 0 bridgehead atoms. The van der Waals surface area contributed by atoms with E-state index < -0.39 is 0 Å². The van der Waals surface area contributed by atoms with Crippen LogP contribution in [-0.4, -0.2) is 39.4 Å². The van der Waals surface area contributed by atoms with Crippen molar-refractivity contribution in [1.82, 2.24) is 10.6 Å². The number of hydrogen-bond acceptors (Lipinski definition) is 3. The molecule has 6 heteroatoms. The molecule has 2 rings (SSSR count). The van der Waals surface area contributed by atoms with Crippen LogP contribution in [0.2, 0.25) is 5.02 Å². The molecule has 2 aromatic rings. The molecule has 0 saturated carbocycles. The van der Waals surface area contributed by atoms with Crippen LogP contribution in [0.1, 0.15) is 23.6 Å². The molecule has 0 atom stereocenters. The molecule has 0 unspecified atom stereocenters. The van der Waals surface area contributed by atoms with Gasteiger partial charge in [0.25, 0.3) is 0 Å². The topological polar surface area (TPSA) is 54.9 Å². The van der Waals surface area contributed by atoms with Gasteiger partial charge in [-0.3, -0.25) is 4.99 Å². The second-order valence-electron chi connectivity index (χ2n) is 6.30. The Hall–Kier alpha value is -2.08. The fourth-order valence-corrected chi connectivity index (χ4v) is 2.92. The summed E-state index contributed by atoms with van der Waals surface area (Å²) in [6, 6.07) is 16.3. The van der Waals surface area contributed by atoms with E-state index >= 15 is 0 Å². The molecule has 0 spiro atoms. The third-order valence-electron chi connectivity index (χ3n) is 4.11. The Morgan fingerprint density at radius 1 is 0.964 bits per heavy atom. The molecule has 0 aromatic heterocycles. The van der Waals surface area contributed by atoms with Crippen LogP contribution in [0, 0.1) is 0 Å². The van der Waals surface area contributed by atoms with Gasteiger partial charge in [-0.1, -0.05) is 48.0 Å². The Morgan fingerprint density at radius 3 is 2.50 bits per heavy atom. The molecule has 0 fully saturated rings. The largest absolute Gasteiger partial charge is 0.379 e. The van der Waals surface area contributed by atoms with Crippen LogP contribution in [0.5, 0.6) is 0 Å². The molecular formula is C22H30ClN3O2. The molecule has 0 saturated heterocycles. The Bertz CT molecular complexity index is 737. The van der Waals surface area contributed by atoms with Crippen molar-refractivity contribution in [2.45, 2.75) is 26.5 Å². The minimum absolute atomic E-state index is 0.591. The van der Waals surface area contributed by atoms with Crippen molar-refractivity contribution in [2.75, 3.05) is 33.4 Å². The Kier molecular flexibility index (Phi) is 10.4. The van der Waals surface area contributed by atoms with Gasteiger partial charge in [0, 0.05) is 31.8 Å². The van der Waals surface area contributed by atoms with Crippen LogP contribution in [0.25, 0.3) is 0 Å². The van der Waals surface area contributed by atoms with Crippen molar-refractivity contribution >= 4 is 17.6 Å². The molecule has 152 valence electrons. The molecule has 2 aromatic carbocycles. The number of hydrogen-bond donors (Lipinski definition) is 2. The number of nitrogens with one attached hydrogen (secondary N) is 2. The standard InChI is InChI=1S/C22H30ClN3O2/c1-3-27-12-13-28-17-20-8-4-7-19(14-20)16-26-22(24-2)25-11-10-18-6-5-9-21(23)15-18/h4-9,14-15H,3,10-13,16-17H2,1-2H3,(H2,24,25,26). The number of ether oxygens (including phenoxy) is 2. The average molecular weight is 404 g/mol. The van der Waals surface area contributed by atoms with E-state index in [1.165, 1.54) is 11.1 Å². The minimum Gasteiger partial charge on any atom is -0.379 e. The highest BCUT2D eigenvalue weighted by molar-refractivity contribution is 6.30. The average Bonchev–Trinajstić information content (AvgIpc) is 2.71. The summed E-state index contributed by atoms with van der Waals surface area (Å²) in [7, 11) is 1.78. The molecule has 0 aliphatic rings. The first-order valence-corrected chi connectivity index (χ1v) is 10.0. The lowest BCUT2D eigenvalue weighted by Gasteiger charge is -2.13. The number of halogens is 1. The molecule has 0 radical (unpaired) electrons. The summed E-state index contributed by atoms with van der Waals surface area (Å²) in [4.78, 5) is 4.28. The fraction of sp³-hybridized carbons (Fsp3) is 0.409. The highest BCUT2D eigenvalue weighted by atomic mass is 35.5. The normalized spacial score (nSPS) is 11.5. The van der Waals surface area contributed by atoms with Gasteiger partial charge in [-0.25, -0.2) is 0 Å². The van der Waals surface area contributed by atoms with Gasteiger partial charge in [0.05, 0.1) is 19.8 Å². The molecule has 0 heterocycles. The summed E-state index contributed by atoms with van der Waals surface area (Å²) in [5.74, 6) is 0.778. The van der Waals surface area contributed by atoms with Gasteiger partial charge in [0.15, 0.2) is 5.96 Å². The molecule has 2 N–H and O–H groups in total. The van der Waals surface area contributed by atoms with E-state index in [9.17, 15) is 0 Å². The first-order valence-electron chi connectivity index (χ1n) is 9.63. The summed E-state index contributed by atoms with van der Waals surface area (Å²) in [5, 5.41) is 7.45. The lowest BCUT2D eigenvalue weighted by molar-refractivity contribution is 0.0453. The SMILES string of the molecule is CCOCCOCc1cccc(CNC(=NC)NCCc2cccc(Cl)c2)c1. The van der Waals surface area contributed by atoms with Crippen molar-refractivity contribution in [3.63, 3.8) is 0 Å². The first-order chi connectivity index (χ1) is 13.7. The summed E-state index contributed by atoms with van der Waals surface area (Å²) >= 11 is 6.03. The highest BCUT2D eigenvalue weighted by Crippen LogP contribution is 2.10. The first kappa shape index (κ1) is 22.2. The monoisotopic (exact) mass is 403 g/mol. The second kappa shape index (κ2) is 13.2. The lowest BCUT2D eigenvalue weighted by atomic mass is 10.1. The van der Waals surface area contributed by atoms with Gasteiger partial charge in [-0.2, -0.15) is 0 Å². The van der Waals surface area contributed by atoms with E-state index in [4.69, 9.17) is 21.1 Å². The molecule has 5 nitrogen and oxygen atoms in total. The summed E-state index contributed by atoms with van der Waals surface area (Å²) in [6.07, 6.45) is 0.885. The number of guanidine groups is 1. The summed E-state index contributed by atoms with van der Waals surface area (Å²) < 4.78 is 10.9. The molecule has 0 aliphatic carbocycles. The van der Waals surface area contributed by atoms with Gasteiger partial charge < -0.3 is 20.1 Å². The molecular weight excluding hydrogens is 374 g/mol. The highest BCUT2D eigenvalue weighted by Gasteiger charge is 2.01.